The Labute approximate surface area is 89.1 Å². The summed E-state index contributed by atoms with van der Waals surface area (Å²) in [7, 11) is 0. The quantitative estimate of drug-likeness (QED) is 0.726. The molecule has 2 atom stereocenters. The molecule has 2 unspecified atom stereocenters. The number of carbonyl (C=O) groups is 1. The van der Waals surface area contributed by atoms with Gasteiger partial charge in [0.25, 0.3) is 0 Å². The molecule has 1 nitrogen and oxygen atoms in total. The predicted molar refractivity (Wildman–Crippen MR) is 59.8 cm³/mol. The topological polar surface area (TPSA) is 17.1 Å². The van der Waals surface area contributed by atoms with Crippen LogP contribution in [0.2, 0.25) is 0 Å². The van der Waals surface area contributed by atoms with E-state index in [1.54, 1.807) is 0 Å². The summed E-state index contributed by atoms with van der Waals surface area (Å²) in [6, 6.07) is 4.34. The van der Waals surface area contributed by atoms with E-state index in [1.807, 2.05) is 11.3 Å². The number of rotatable bonds is 2. The van der Waals surface area contributed by atoms with Crippen LogP contribution in [0.5, 0.6) is 0 Å². The lowest BCUT2D eigenvalue weighted by atomic mass is 9.58. The number of thiophene rings is 1. The van der Waals surface area contributed by atoms with Gasteiger partial charge in [0, 0.05) is 27.5 Å². The van der Waals surface area contributed by atoms with Crippen molar-refractivity contribution in [2.75, 3.05) is 0 Å². The van der Waals surface area contributed by atoms with Crippen LogP contribution in [0.3, 0.4) is 0 Å². The van der Waals surface area contributed by atoms with Crippen molar-refractivity contribution in [2.45, 2.75) is 39.5 Å². The van der Waals surface area contributed by atoms with E-state index in [1.165, 1.54) is 9.75 Å². The zero-order valence-electron chi connectivity index (χ0n) is 8.96. The van der Waals surface area contributed by atoms with Gasteiger partial charge in [0.15, 0.2) is 0 Å². The lowest BCUT2D eigenvalue weighted by Crippen LogP contribution is -2.45. The highest BCUT2D eigenvalue weighted by molar-refractivity contribution is 7.12. The summed E-state index contributed by atoms with van der Waals surface area (Å²) in [4.78, 5) is 14.3. The van der Waals surface area contributed by atoms with Gasteiger partial charge in [-0.25, -0.2) is 0 Å². The van der Waals surface area contributed by atoms with Gasteiger partial charge in [-0.1, -0.05) is 13.8 Å². The maximum atomic E-state index is 11.6. The third-order valence-electron chi connectivity index (χ3n) is 3.63. The van der Waals surface area contributed by atoms with E-state index in [0.717, 1.165) is 12.8 Å². The summed E-state index contributed by atoms with van der Waals surface area (Å²) < 4.78 is 0. The molecule has 2 heteroatoms. The Hall–Kier alpha value is -0.630. The Bertz CT molecular complexity index is 366. The Kier molecular flexibility index (Phi) is 2.26. The summed E-state index contributed by atoms with van der Waals surface area (Å²) >= 11 is 1.84. The van der Waals surface area contributed by atoms with Gasteiger partial charge < -0.3 is 0 Å². The first kappa shape index (κ1) is 9.91. The van der Waals surface area contributed by atoms with Gasteiger partial charge in [0.1, 0.15) is 5.78 Å². The minimum atomic E-state index is -0.0721. The molecule has 0 radical (unpaired) electrons. The molecule has 0 saturated heterocycles. The highest BCUT2D eigenvalue weighted by Gasteiger charge is 2.50. The number of carbonyl (C=O) groups excluding carboxylic acids is 1. The molecule has 1 aliphatic rings. The zero-order valence-corrected chi connectivity index (χ0v) is 9.78. The second-order valence-electron chi connectivity index (χ2n) is 4.40. The molecule has 1 aromatic heterocycles. The van der Waals surface area contributed by atoms with Crippen molar-refractivity contribution in [3.63, 3.8) is 0 Å². The molecule has 0 aromatic carbocycles. The standard InChI is InChI=1S/C12H16OS/c1-4-12(3)9(7-11(12)13)10-6-5-8(2)14-10/h5-6,9H,4,7H2,1-3H3. The fourth-order valence-corrected chi connectivity index (χ4v) is 3.34. The van der Waals surface area contributed by atoms with E-state index in [4.69, 9.17) is 0 Å². The molecule has 0 aliphatic heterocycles. The minimum Gasteiger partial charge on any atom is -0.299 e. The summed E-state index contributed by atoms with van der Waals surface area (Å²) in [5, 5.41) is 0. The van der Waals surface area contributed by atoms with Gasteiger partial charge in [0.2, 0.25) is 0 Å². The fourth-order valence-electron chi connectivity index (χ4n) is 2.21. The van der Waals surface area contributed by atoms with Gasteiger partial charge in [-0.3, -0.25) is 4.79 Å². The molecule has 0 spiro atoms. The third-order valence-corrected chi connectivity index (χ3v) is 4.75. The maximum Gasteiger partial charge on any atom is 0.140 e. The summed E-state index contributed by atoms with van der Waals surface area (Å²) in [6.07, 6.45) is 1.72. The molecule has 1 aromatic rings. The van der Waals surface area contributed by atoms with Crippen molar-refractivity contribution in [1.29, 1.82) is 0 Å². The van der Waals surface area contributed by atoms with Crippen LogP contribution in [-0.2, 0) is 4.79 Å². The van der Waals surface area contributed by atoms with Crippen LogP contribution in [0.25, 0.3) is 0 Å². The Morgan fingerprint density at radius 2 is 2.29 bits per heavy atom. The number of Topliss-reactive ketones (excluding diaryl/α,β-unsaturated/α-hetero) is 1. The van der Waals surface area contributed by atoms with Crippen LogP contribution in [0, 0.1) is 12.3 Å². The average Bonchev–Trinajstić information content (AvgIpc) is 2.59. The van der Waals surface area contributed by atoms with Gasteiger partial charge in [-0.15, -0.1) is 11.3 Å². The monoisotopic (exact) mass is 208 g/mol. The molecule has 1 fully saturated rings. The van der Waals surface area contributed by atoms with Crippen LogP contribution < -0.4 is 0 Å². The molecule has 1 aliphatic carbocycles. The lowest BCUT2D eigenvalue weighted by molar-refractivity contribution is -0.139. The molecule has 0 bridgehead atoms. The Balaban J connectivity index is 2.26. The van der Waals surface area contributed by atoms with Crippen molar-refractivity contribution in [3.05, 3.63) is 21.9 Å². The van der Waals surface area contributed by atoms with E-state index in [0.29, 0.717) is 11.7 Å². The van der Waals surface area contributed by atoms with Gasteiger partial charge >= 0.3 is 0 Å². The molecular weight excluding hydrogens is 192 g/mol. The van der Waals surface area contributed by atoms with E-state index in [2.05, 4.69) is 32.9 Å². The third kappa shape index (κ3) is 1.24. The average molecular weight is 208 g/mol. The van der Waals surface area contributed by atoms with Crippen LogP contribution in [0.15, 0.2) is 12.1 Å². The van der Waals surface area contributed by atoms with Gasteiger partial charge in [0.05, 0.1) is 0 Å². The number of ketones is 1. The van der Waals surface area contributed by atoms with Crippen molar-refractivity contribution in [2.24, 2.45) is 5.41 Å². The smallest absolute Gasteiger partial charge is 0.140 e. The first-order chi connectivity index (χ1) is 6.58. The fraction of sp³-hybridized carbons (Fsp3) is 0.583. The van der Waals surface area contributed by atoms with Gasteiger partial charge in [-0.05, 0) is 25.5 Å². The molecular formula is C12H16OS. The summed E-state index contributed by atoms with van der Waals surface area (Å²) in [5.41, 5.74) is -0.0721. The molecule has 0 amide bonds. The number of hydrogen-bond donors (Lipinski definition) is 0. The normalized spacial score (nSPS) is 31.6. The van der Waals surface area contributed by atoms with Gasteiger partial charge in [-0.2, -0.15) is 0 Å². The van der Waals surface area contributed by atoms with Crippen molar-refractivity contribution in [3.8, 4) is 0 Å². The Morgan fingerprint density at radius 3 is 2.71 bits per heavy atom. The van der Waals surface area contributed by atoms with E-state index in [9.17, 15) is 4.79 Å². The largest absolute Gasteiger partial charge is 0.299 e. The van der Waals surface area contributed by atoms with E-state index < -0.39 is 0 Å². The summed E-state index contributed by atoms with van der Waals surface area (Å²) in [5.74, 6) is 0.926. The molecule has 1 heterocycles. The minimum absolute atomic E-state index is 0.0721. The number of aryl methyl sites for hydroxylation is 1. The van der Waals surface area contributed by atoms with Crippen LogP contribution in [-0.4, -0.2) is 5.78 Å². The lowest BCUT2D eigenvalue weighted by Gasteiger charge is -2.44. The SMILES string of the molecule is CCC1(C)C(=O)CC1c1ccc(C)s1. The predicted octanol–water partition coefficient (Wildman–Crippen LogP) is 3.53. The first-order valence-electron chi connectivity index (χ1n) is 5.17. The van der Waals surface area contributed by atoms with Crippen LogP contribution >= 0.6 is 11.3 Å². The first-order valence-corrected chi connectivity index (χ1v) is 5.99. The molecule has 76 valence electrons. The van der Waals surface area contributed by atoms with E-state index >= 15 is 0 Å². The van der Waals surface area contributed by atoms with Crippen molar-refractivity contribution < 1.29 is 4.79 Å². The number of hydrogen-bond acceptors (Lipinski definition) is 2. The highest BCUT2D eigenvalue weighted by Crippen LogP contribution is 2.53. The Morgan fingerprint density at radius 1 is 1.57 bits per heavy atom. The van der Waals surface area contributed by atoms with Crippen molar-refractivity contribution in [1.82, 2.24) is 0 Å². The van der Waals surface area contributed by atoms with Crippen molar-refractivity contribution >= 4 is 17.1 Å². The summed E-state index contributed by atoms with van der Waals surface area (Å²) in [6.45, 7) is 6.35. The zero-order chi connectivity index (χ0) is 10.3. The second kappa shape index (κ2) is 3.20. The molecule has 2 rings (SSSR count). The molecule has 0 N–H and O–H groups in total. The molecule has 1 saturated carbocycles. The van der Waals surface area contributed by atoms with Crippen LogP contribution in [0.4, 0.5) is 0 Å². The second-order valence-corrected chi connectivity index (χ2v) is 5.72. The van der Waals surface area contributed by atoms with E-state index in [-0.39, 0.29) is 5.41 Å². The molecule has 14 heavy (non-hydrogen) atoms. The highest BCUT2D eigenvalue weighted by atomic mass is 32.1. The van der Waals surface area contributed by atoms with Crippen LogP contribution in [0.1, 0.15) is 42.4 Å². The maximum absolute atomic E-state index is 11.6.